The number of hydrogen-bond donors (Lipinski definition) is 0. The second-order valence-electron chi connectivity index (χ2n) is 7.11. The van der Waals surface area contributed by atoms with Crippen LogP contribution in [0.3, 0.4) is 0 Å². The zero-order valence-corrected chi connectivity index (χ0v) is 18.7. The van der Waals surface area contributed by atoms with Crippen molar-refractivity contribution in [3.8, 4) is 5.75 Å². The van der Waals surface area contributed by atoms with E-state index in [9.17, 15) is 4.79 Å². The minimum Gasteiger partial charge on any atom is -0.496 e. The predicted molar refractivity (Wildman–Crippen MR) is 122 cm³/mol. The molecule has 5 nitrogen and oxygen atoms in total. The number of methoxy groups -OCH3 is 1. The molecular weight excluding hydrogens is 382 g/mol. The molecule has 0 saturated heterocycles. The van der Waals surface area contributed by atoms with E-state index in [2.05, 4.69) is 44.7 Å². The number of thiazole rings is 1. The Morgan fingerprint density at radius 3 is 2.52 bits per heavy atom. The number of carbonyl (C=O) groups excluding carboxylic acids is 1. The van der Waals surface area contributed by atoms with Gasteiger partial charge in [0.2, 0.25) is 0 Å². The Hall–Kier alpha value is -2.44. The summed E-state index contributed by atoms with van der Waals surface area (Å²) < 4.78 is 6.55. The van der Waals surface area contributed by atoms with Crippen LogP contribution in [0.1, 0.15) is 35.3 Å². The maximum atomic E-state index is 13.5. The second-order valence-corrected chi connectivity index (χ2v) is 8.12. The Morgan fingerprint density at radius 1 is 1.10 bits per heavy atom. The molecule has 0 N–H and O–H groups in total. The molecule has 0 spiro atoms. The zero-order valence-electron chi connectivity index (χ0n) is 17.9. The van der Waals surface area contributed by atoms with Gasteiger partial charge in [0.25, 0.3) is 5.91 Å². The van der Waals surface area contributed by atoms with E-state index in [1.54, 1.807) is 23.3 Å². The fourth-order valence-corrected chi connectivity index (χ4v) is 4.67. The molecule has 0 unspecified atom stereocenters. The molecule has 29 heavy (non-hydrogen) atoms. The fraction of sp³-hybridized carbons (Fsp3) is 0.391. The van der Waals surface area contributed by atoms with Crippen molar-refractivity contribution in [1.29, 1.82) is 0 Å². The van der Waals surface area contributed by atoms with E-state index in [1.165, 1.54) is 5.56 Å². The topological polar surface area (TPSA) is 45.7 Å². The minimum absolute atomic E-state index is 0.0805. The lowest BCUT2D eigenvalue weighted by Crippen LogP contribution is -2.39. The van der Waals surface area contributed by atoms with Crippen LogP contribution in [0.15, 0.2) is 36.4 Å². The number of aromatic nitrogens is 1. The number of para-hydroxylation sites is 1. The van der Waals surface area contributed by atoms with Gasteiger partial charge in [0.1, 0.15) is 5.75 Å². The highest BCUT2D eigenvalue weighted by Crippen LogP contribution is 2.33. The molecular formula is C23H29N3O2S. The summed E-state index contributed by atoms with van der Waals surface area (Å²) in [4.78, 5) is 22.5. The molecule has 3 aromatic rings. The number of nitrogens with zero attached hydrogens (tertiary/aromatic N) is 3. The van der Waals surface area contributed by atoms with Crippen molar-refractivity contribution >= 4 is 32.6 Å². The van der Waals surface area contributed by atoms with E-state index < -0.39 is 0 Å². The van der Waals surface area contributed by atoms with E-state index >= 15 is 0 Å². The van der Waals surface area contributed by atoms with Gasteiger partial charge in [-0.3, -0.25) is 9.69 Å². The van der Waals surface area contributed by atoms with Gasteiger partial charge in [0.05, 0.1) is 22.9 Å². The third-order valence-electron chi connectivity index (χ3n) is 5.17. The molecule has 0 atom stereocenters. The van der Waals surface area contributed by atoms with E-state index in [4.69, 9.17) is 9.72 Å². The van der Waals surface area contributed by atoms with Crippen LogP contribution in [0.5, 0.6) is 5.75 Å². The molecule has 0 fully saturated rings. The monoisotopic (exact) mass is 411 g/mol. The van der Waals surface area contributed by atoms with E-state index in [0.29, 0.717) is 17.9 Å². The van der Waals surface area contributed by atoms with Crippen molar-refractivity contribution in [2.45, 2.75) is 27.7 Å². The Balaban J connectivity index is 2.03. The molecule has 6 heteroatoms. The van der Waals surface area contributed by atoms with Gasteiger partial charge in [-0.2, -0.15) is 0 Å². The third-order valence-corrected chi connectivity index (χ3v) is 6.19. The van der Waals surface area contributed by atoms with Gasteiger partial charge in [-0.1, -0.05) is 43.4 Å². The van der Waals surface area contributed by atoms with Crippen LogP contribution >= 0.6 is 11.3 Å². The summed E-state index contributed by atoms with van der Waals surface area (Å²) in [5.41, 5.74) is 3.87. The molecule has 0 saturated carbocycles. The van der Waals surface area contributed by atoms with Crippen molar-refractivity contribution in [3.63, 3.8) is 0 Å². The number of anilines is 1. The molecule has 2 aromatic carbocycles. The van der Waals surface area contributed by atoms with Crippen molar-refractivity contribution in [1.82, 2.24) is 9.88 Å². The summed E-state index contributed by atoms with van der Waals surface area (Å²) in [6.45, 7) is 11.7. The molecule has 1 aromatic heterocycles. The first-order chi connectivity index (χ1) is 14.0. The van der Waals surface area contributed by atoms with Gasteiger partial charge in [-0.05, 0) is 56.3 Å². The van der Waals surface area contributed by atoms with Gasteiger partial charge in [0.15, 0.2) is 5.13 Å². The second kappa shape index (κ2) is 9.37. The van der Waals surface area contributed by atoms with Crippen molar-refractivity contribution in [2.75, 3.05) is 38.2 Å². The quantitative estimate of drug-likeness (QED) is 0.528. The molecule has 154 valence electrons. The van der Waals surface area contributed by atoms with Crippen LogP contribution in [0.2, 0.25) is 0 Å². The summed E-state index contributed by atoms with van der Waals surface area (Å²) in [5.74, 6) is 0.501. The zero-order chi connectivity index (χ0) is 21.0. The number of rotatable bonds is 8. The van der Waals surface area contributed by atoms with Gasteiger partial charge < -0.3 is 9.64 Å². The Labute approximate surface area is 176 Å². The highest BCUT2D eigenvalue weighted by Gasteiger charge is 2.24. The predicted octanol–water partition coefficient (Wildman–Crippen LogP) is 4.91. The largest absolute Gasteiger partial charge is 0.496 e. The first-order valence-electron chi connectivity index (χ1n) is 10.0. The van der Waals surface area contributed by atoms with Crippen molar-refractivity contribution in [3.05, 3.63) is 53.1 Å². The molecule has 0 bridgehead atoms. The fourth-order valence-electron chi connectivity index (χ4n) is 3.51. The van der Waals surface area contributed by atoms with Crippen molar-refractivity contribution in [2.24, 2.45) is 0 Å². The summed E-state index contributed by atoms with van der Waals surface area (Å²) in [5, 5.41) is 0.733. The number of carbonyl (C=O) groups is 1. The molecule has 0 aliphatic heterocycles. The van der Waals surface area contributed by atoms with E-state index in [1.807, 2.05) is 24.3 Å². The number of ether oxygens (including phenoxy) is 1. The van der Waals surface area contributed by atoms with Crippen LogP contribution in [0.4, 0.5) is 5.13 Å². The first-order valence-corrected chi connectivity index (χ1v) is 10.8. The number of fused-ring (bicyclic) bond motifs is 1. The van der Waals surface area contributed by atoms with Crippen LogP contribution in [-0.2, 0) is 0 Å². The average Bonchev–Trinajstić information content (AvgIpc) is 3.14. The minimum atomic E-state index is -0.0805. The van der Waals surface area contributed by atoms with Gasteiger partial charge in [0, 0.05) is 13.1 Å². The Kier molecular flexibility index (Phi) is 6.87. The summed E-state index contributed by atoms with van der Waals surface area (Å²) >= 11 is 1.57. The highest BCUT2D eigenvalue weighted by molar-refractivity contribution is 7.22. The summed E-state index contributed by atoms with van der Waals surface area (Å²) in [6.07, 6.45) is 0. The van der Waals surface area contributed by atoms with Crippen LogP contribution in [0, 0.1) is 13.8 Å². The maximum absolute atomic E-state index is 13.5. The lowest BCUT2D eigenvalue weighted by Gasteiger charge is -2.25. The smallest absolute Gasteiger partial charge is 0.263 e. The number of benzene rings is 2. The van der Waals surface area contributed by atoms with Crippen LogP contribution in [0.25, 0.3) is 10.2 Å². The first kappa shape index (κ1) is 21.3. The van der Waals surface area contributed by atoms with Gasteiger partial charge in [-0.25, -0.2) is 4.98 Å². The summed E-state index contributed by atoms with van der Waals surface area (Å²) in [6, 6.07) is 11.6. The molecule has 0 aliphatic rings. The van der Waals surface area contributed by atoms with Crippen LogP contribution < -0.4 is 9.64 Å². The number of hydrogen-bond acceptors (Lipinski definition) is 5. The molecule has 0 aliphatic carbocycles. The Morgan fingerprint density at radius 2 is 1.83 bits per heavy atom. The lowest BCUT2D eigenvalue weighted by atomic mass is 10.1. The molecule has 3 rings (SSSR count). The number of likely N-dealkylation sites (N-methyl/N-ethyl adjacent to an activating group) is 1. The molecule has 0 radical (unpaired) electrons. The number of aryl methyl sites for hydroxylation is 2. The average molecular weight is 412 g/mol. The highest BCUT2D eigenvalue weighted by atomic mass is 32.1. The molecule has 1 amide bonds. The SMILES string of the molecule is CCN(CC)CCN(C(=O)c1ccccc1OC)c1nc2c(C)cc(C)cc2s1. The Bertz CT molecular complexity index is 995. The normalized spacial score (nSPS) is 11.2. The molecule has 1 heterocycles. The van der Waals surface area contributed by atoms with E-state index in [-0.39, 0.29) is 5.91 Å². The maximum Gasteiger partial charge on any atom is 0.263 e. The number of amides is 1. The van der Waals surface area contributed by atoms with Gasteiger partial charge in [-0.15, -0.1) is 0 Å². The lowest BCUT2D eigenvalue weighted by molar-refractivity contribution is 0.0981. The third kappa shape index (κ3) is 4.60. The van der Waals surface area contributed by atoms with E-state index in [0.717, 1.165) is 40.5 Å². The van der Waals surface area contributed by atoms with Gasteiger partial charge >= 0.3 is 0 Å². The summed E-state index contributed by atoms with van der Waals surface area (Å²) in [7, 11) is 1.59. The van der Waals surface area contributed by atoms with Crippen LogP contribution in [-0.4, -0.2) is 49.1 Å². The van der Waals surface area contributed by atoms with Crippen molar-refractivity contribution < 1.29 is 9.53 Å². The standard InChI is InChI=1S/C23H29N3O2S/c1-6-25(7-2)12-13-26(22(27)18-10-8-9-11-19(18)28-5)23-24-21-17(4)14-16(3)15-20(21)29-23/h8-11,14-15H,6-7,12-13H2,1-5H3.